The molecular weight excluding hydrogens is 386 g/mol. The Morgan fingerprint density at radius 1 is 1.00 bits per heavy atom. The average Bonchev–Trinajstić information content (AvgIpc) is 2.89. The molecule has 0 unspecified atom stereocenters. The van der Waals surface area contributed by atoms with E-state index in [2.05, 4.69) is 34.1 Å². The molecule has 0 saturated carbocycles. The normalized spacial score (nSPS) is 13.3. The number of hydrogen-bond donors (Lipinski definition) is 0. The predicted molar refractivity (Wildman–Crippen MR) is 111 cm³/mol. The highest BCUT2D eigenvalue weighted by Crippen LogP contribution is 2.27. The first-order chi connectivity index (χ1) is 14.2. The first kappa shape index (κ1) is 19.2. The van der Waals surface area contributed by atoms with Gasteiger partial charge in [0.1, 0.15) is 23.7 Å². The summed E-state index contributed by atoms with van der Waals surface area (Å²) in [7, 11) is 0. The lowest BCUT2D eigenvalue weighted by Gasteiger charge is -2.19. The first-order valence-electron chi connectivity index (χ1n) is 9.56. The van der Waals surface area contributed by atoms with Crippen molar-refractivity contribution in [2.75, 3.05) is 6.54 Å². The molecule has 6 heteroatoms. The van der Waals surface area contributed by atoms with E-state index in [0.717, 1.165) is 30.6 Å². The molecule has 1 amide bonds. The minimum Gasteiger partial charge on any atom is -0.461 e. The smallest absolute Gasteiger partial charge is 0.262 e. The molecule has 1 aliphatic heterocycles. The number of carbonyl (C=O) groups is 1. The molecule has 0 bridgehead atoms. The van der Waals surface area contributed by atoms with Crippen LogP contribution in [-0.4, -0.2) is 22.3 Å². The highest BCUT2D eigenvalue weighted by Gasteiger charge is 2.24. The zero-order valence-corrected chi connectivity index (χ0v) is 16.6. The number of carbonyl (C=O) groups excluding carboxylic acids is 1. The van der Waals surface area contributed by atoms with Crippen LogP contribution in [0.2, 0.25) is 0 Å². The Kier molecular flexibility index (Phi) is 5.86. The van der Waals surface area contributed by atoms with Crippen LogP contribution in [0.25, 0.3) is 11.3 Å². The molecule has 0 fully saturated rings. The third kappa shape index (κ3) is 4.46. The molecule has 0 atom stereocenters. The number of unbranched alkanes of at least 4 members (excludes halogenated alkanes) is 1. The number of fused-ring (bicyclic) bond motifs is 1. The van der Waals surface area contributed by atoms with Crippen LogP contribution < -0.4 is 9.30 Å². The van der Waals surface area contributed by atoms with Gasteiger partial charge in [0.05, 0.1) is 11.3 Å². The Balaban J connectivity index is 1.33. The van der Waals surface area contributed by atoms with Gasteiger partial charge in [0.15, 0.2) is 12.4 Å². The summed E-state index contributed by atoms with van der Waals surface area (Å²) in [5.74, 6) is 0.397. The van der Waals surface area contributed by atoms with Gasteiger partial charge >= 0.3 is 0 Å². The van der Waals surface area contributed by atoms with Crippen LogP contribution in [0.15, 0.2) is 84.6 Å². The van der Waals surface area contributed by atoms with Gasteiger partial charge in [-0.05, 0) is 30.7 Å². The van der Waals surface area contributed by atoms with Gasteiger partial charge in [-0.1, -0.05) is 29.8 Å². The van der Waals surface area contributed by atoms with E-state index in [9.17, 15) is 4.79 Å². The molecule has 146 valence electrons. The second kappa shape index (κ2) is 8.88. The molecule has 29 heavy (non-hydrogen) atoms. The zero-order chi connectivity index (χ0) is 20.1. The number of nitrogens with zero attached hydrogens (tertiary/aromatic N) is 3. The molecule has 0 aliphatic carbocycles. The van der Waals surface area contributed by atoms with E-state index in [-0.39, 0.29) is 5.91 Å². The fourth-order valence-corrected chi connectivity index (χ4v) is 3.45. The maximum Gasteiger partial charge on any atom is 0.262 e. The van der Waals surface area contributed by atoms with Crippen molar-refractivity contribution in [3.05, 3.63) is 90.2 Å². The SMILES string of the molecule is O=C1c2ccccc2OC=C(Cl)N1CCCC[n+]1ccc(-c2ccccn2)cc1. The highest BCUT2D eigenvalue weighted by molar-refractivity contribution is 6.30. The number of hydrogen-bond acceptors (Lipinski definition) is 3. The van der Waals surface area contributed by atoms with E-state index in [1.807, 2.05) is 30.3 Å². The summed E-state index contributed by atoms with van der Waals surface area (Å²) in [6.45, 7) is 1.40. The second-order valence-electron chi connectivity index (χ2n) is 6.76. The summed E-state index contributed by atoms with van der Waals surface area (Å²) in [5.41, 5.74) is 2.58. The van der Waals surface area contributed by atoms with Crippen molar-refractivity contribution in [3.8, 4) is 17.0 Å². The molecule has 4 rings (SSSR count). The molecule has 3 aromatic rings. The first-order valence-corrected chi connectivity index (χ1v) is 9.94. The number of para-hydroxylation sites is 1. The van der Waals surface area contributed by atoms with E-state index in [1.165, 1.54) is 6.26 Å². The summed E-state index contributed by atoms with van der Waals surface area (Å²) in [5, 5.41) is 0.304. The Labute approximate surface area is 174 Å². The number of pyridine rings is 2. The summed E-state index contributed by atoms with van der Waals surface area (Å²) < 4.78 is 7.65. The minimum atomic E-state index is -0.133. The number of aromatic nitrogens is 2. The van der Waals surface area contributed by atoms with Crippen LogP contribution in [0.3, 0.4) is 0 Å². The maximum atomic E-state index is 12.8. The van der Waals surface area contributed by atoms with Crippen molar-refractivity contribution in [2.45, 2.75) is 19.4 Å². The quantitative estimate of drug-likeness (QED) is 0.346. The molecule has 1 aliphatic rings. The summed E-state index contributed by atoms with van der Waals surface area (Å²) >= 11 is 6.27. The van der Waals surface area contributed by atoms with Crippen LogP contribution in [0.4, 0.5) is 0 Å². The highest BCUT2D eigenvalue weighted by atomic mass is 35.5. The second-order valence-corrected chi connectivity index (χ2v) is 7.15. The fourth-order valence-electron chi connectivity index (χ4n) is 3.25. The Morgan fingerprint density at radius 2 is 1.79 bits per heavy atom. The van der Waals surface area contributed by atoms with Crippen molar-refractivity contribution in [2.24, 2.45) is 0 Å². The predicted octanol–water partition coefficient (Wildman–Crippen LogP) is 4.39. The van der Waals surface area contributed by atoms with Crippen LogP contribution in [0.5, 0.6) is 5.75 Å². The van der Waals surface area contributed by atoms with Crippen molar-refractivity contribution in [1.82, 2.24) is 9.88 Å². The monoisotopic (exact) mass is 406 g/mol. The van der Waals surface area contributed by atoms with E-state index >= 15 is 0 Å². The van der Waals surface area contributed by atoms with Crippen LogP contribution in [0, 0.1) is 0 Å². The van der Waals surface area contributed by atoms with Gasteiger partial charge in [-0.3, -0.25) is 14.7 Å². The van der Waals surface area contributed by atoms with E-state index < -0.39 is 0 Å². The molecule has 0 spiro atoms. The van der Waals surface area contributed by atoms with Crippen molar-refractivity contribution >= 4 is 17.5 Å². The third-order valence-corrected chi connectivity index (χ3v) is 5.10. The van der Waals surface area contributed by atoms with Gasteiger partial charge in [0, 0.05) is 36.9 Å². The van der Waals surface area contributed by atoms with Crippen molar-refractivity contribution in [1.29, 1.82) is 0 Å². The summed E-state index contributed by atoms with van der Waals surface area (Å²) in [4.78, 5) is 18.7. The Morgan fingerprint density at radius 3 is 2.59 bits per heavy atom. The van der Waals surface area contributed by atoms with Gasteiger partial charge in [-0.2, -0.15) is 0 Å². The van der Waals surface area contributed by atoms with Crippen molar-refractivity contribution < 1.29 is 14.1 Å². The average molecular weight is 407 g/mol. The molecule has 2 aromatic heterocycles. The third-order valence-electron chi connectivity index (χ3n) is 4.80. The van der Waals surface area contributed by atoms with Gasteiger partial charge in [0.25, 0.3) is 5.91 Å². The number of rotatable bonds is 6. The van der Waals surface area contributed by atoms with Crippen LogP contribution in [0.1, 0.15) is 23.2 Å². The van der Waals surface area contributed by atoms with Crippen LogP contribution in [-0.2, 0) is 6.54 Å². The molecule has 5 nitrogen and oxygen atoms in total. The van der Waals surface area contributed by atoms with Gasteiger partial charge in [-0.25, -0.2) is 4.57 Å². The standard InChI is InChI=1S/C23H21ClN3O2/c24-22-17-29-21-9-2-1-7-19(21)23(28)27(22)14-6-5-13-26-15-10-18(11-16-26)20-8-3-4-12-25-20/h1-4,7-12,15-17H,5-6,13-14H2/q+1. The van der Waals surface area contributed by atoms with Gasteiger partial charge in [-0.15, -0.1) is 0 Å². The molecule has 0 radical (unpaired) electrons. The summed E-state index contributed by atoms with van der Waals surface area (Å²) in [6.07, 6.45) is 9.08. The molecule has 1 aromatic carbocycles. The van der Waals surface area contributed by atoms with Gasteiger partial charge < -0.3 is 4.74 Å². The van der Waals surface area contributed by atoms with Crippen LogP contribution >= 0.6 is 11.6 Å². The molecule has 0 saturated heterocycles. The lowest BCUT2D eigenvalue weighted by atomic mass is 10.1. The number of amides is 1. The van der Waals surface area contributed by atoms with E-state index in [1.54, 1.807) is 23.2 Å². The summed E-state index contributed by atoms with van der Waals surface area (Å²) in [6, 6.07) is 17.2. The molecular formula is C23H21ClN3O2+. The fraction of sp³-hybridized carbons (Fsp3) is 0.174. The molecule has 3 heterocycles. The topological polar surface area (TPSA) is 46.3 Å². The minimum absolute atomic E-state index is 0.133. The zero-order valence-electron chi connectivity index (χ0n) is 15.9. The van der Waals surface area contributed by atoms with E-state index in [0.29, 0.717) is 23.0 Å². The number of halogens is 1. The van der Waals surface area contributed by atoms with Gasteiger partial charge in [0.2, 0.25) is 0 Å². The van der Waals surface area contributed by atoms with Crippen molar-refractivity contribution in [3.63, 3.8) is 0 Å². The molecule has 0 N–H and O–H groups in total. The largest absolute Gasteiger partial charge is 0.461 e. The number of benzene rings is 1. The maximum absolute atomic E-state index is 12.8. The Hall–Kier alpha value is -3.18. The lowest BCUT2D eigenvalue weighted by molar-refractivity contribution is -0.697. The number of ether oxygens (including phenoxy) is 1. The lowest BCUT2D eigenvalue weighted by Crippen LogP contribution is -2.34. The number of aryl methyl sites for hydroxylation is 1. The Bertz CT molecular complexity index is 1020. The van der Waals surface area contributed by atoms with E-state index in [4.69, 9.17) is 16.3 Å².